The van der Waals surface area contributed by atoms with Gasteiger partial charge in [0, 0.05) is 0 Å². The molecule has 2 nitrogen and oxygen atoms in total. The number of benzene rings is 1. The van der Waals surface area contributed by atoms with Crippen molar-refractivity contribution >= 4 is 11.6 Å². The van der Waals surface area contributed by atoms with Crippen molar-refractivity contribution in [2.24, 2.45) is 0 Å². The van der Waals surface area contributed by atoms with Gasteiger partial charge in [-0.1, -0.05) is 17.9 Å². The fraction of sp³-hybridized carbons (Fsp3) is 0.429. The Morgan fingerprint density at radius 1 is 1.25 bits per heavy atom. The molecule has 0 aliphatic heterocycles. The predicted molar refractivity (Wildman–Crippen MR) is 71.1 cm³/mol. The molecule has 0 aromatic heterocycles. The van der Waals surface area contributed by atoms with Crippen molar-refractivity contribution in [2.75, 3.05) is 25.7 Å². The van der Waals surface area contributed by atoms with E-state index in [1.54, 1.807) is 6.07 Å². The predicted octanol–water partition coefficient (Wildman–Crippen LogP) is 3.54. The largest absolute Gasteiger partial charge is 0.490 e. The van der Waals surface area contributed by atoms with E-state index >= 15 is 0 Å². The van der Waals surface area contributed by atoms with Crippen LogP contribution in [0.25, 0.3) is 0 Å². The summed E-state index contributed by atoms with van der Waals surface area (Å²) in [6.07, 6.45) is -4.32. The van der Waals surface area contributed by atoms with Crippen molar-refractivity contribution in [1.29, 1.82) is 0 Å². The van der Waals surface area contributed by atoms with Crippen LogP contribution in [0.2, 0.25) is 0 Å². The molecule has 20 heavy (non-hydrogen) atoms. The summed E-state index contributed by atoms with van der Waals surface area (Å²) in [6.45, 7) is 0.510. The van der Waals surface area contributed by atoms with E-state index in [9.17, 15) is 13.2 Å². The summed E-state index contributed by atoms with van der Waals surface area (Å²) in [4.78, 5) is 0. The highest BCUT2D eigenvalue weighted by molar-refractivity contribution is 6.19. The van der Waals surface area contributed by atoms with Crippen molar-refractivity contribution in [1.82, 2.24) is 0 Å². The Bertz CT molecular complexity index is 489. The lowest BCUT2D eigenvalue weighted by Gasteiger charge is -2.10. The van der Waals surface area contributed by atoms with Crippen LogP contribution in [0.4, 0.5) is 13.2 Å². The lowest BCUT2D eigenvalue weighted by molar-refractivity contribution is -0.175. The van der Waals surface area contributed by atoms with Gasteiger partial charge in [0.15, 0.2) is 0 Å². The van der Waals surface area contributed by atoms with Gasteiger partial charge in [-0.25, -0.2) is 0 Å². The van der Waals surface area contributed by atoms with Gasteiger partial charge in [0.1, 0.15) is 19.0 Å². The van der Waals surface area contributed by atoms with Crippen LogP contribution in [0.5, 0.6) is 5.75 Å². The van der Waals surface area contributed by atoms with Crippen LogP contribution in [0.1, 0.15) is 11.1 Å². The van der Waals surface area contributed by atoms with Crippen molar-refractivity contribution < 1.29 is 22.6 Å². The maximum atomic E-state index is 11.9. The molecule has 0 saturated heterocycles. The lowest BCUT2D eigenvalue weighted by Crippen LogP contribution is -2.19. The Morgan fingerprint density at radius 2 is 2.00 bits per heavy atom. The van der Waals surface area contributed by atoms with Crippen LogP contribution >= 0.6 is 11.6 Å². The van der Waals surface area contributed by atoms with Crippen molar-refractivity contribution in [3.8, 4) is 17.6 Å². The minimum absolute atomic E-state index is 0.0225. The molecule has 110 valence electrons. The Morgan fingerprint density at radius 3 is 2.65 bits per heavy atom. The van der Waals surface area contributed by atoms with Crippen LogP contribution < -0.4 is 4.74 Å². The minimum Gasteiger partial charge on any atom is -0.490 e. The molecule has 1 aromatic rings. The molecule has 0 radical (unpaired) electrons. The average molecular weight is 307 g/mol. The van der Waals surface area contributed by atoms with Gasteiger partial charge in [0.2, 0.25) is 0 Å². The summed E-state index contributed by atoms with van der Waals surface area (Å²) in [5.41, 5.74) is 1.66. The molecule has 0 saturated carbocycles. The Labute approximate surface area is 120 Å². The molecule has 0 fully saturated rings. The third-order valence-electron chi connectivity index (χ3n) is 2.18. The van der Waals surface area contributed by atoms with E-state index in [0.29, 0.717) is 11.3 Å². The van der Waals surface area contributed by atoms with Gasteiger partial charge in [-0.05, 0) is 24.6 Å². The van der Waals surface area contributed by atoms with Gasteiger partial charge in [-0.2, -0.15) is 13.2 Å². The standard InChI is InChI=1S/C14H14ClF3O2/c1-11-4-5-13(12(9-11)3-2-6-15)20-8-7-19-10-14(16,17)18/h4-5,9H,6-8,10H2,1H3. The molecule has 0 spiro atoms. The summed E-state index contributed by atoms with van der Waals surface area (Å²) in [5, 5.41) is 0. The Kier molecular flexibility index (Phi) is 6.69. The maximum absolute atomic E-state index is 11.9. The number of rotatable bonds is 5. The summed E-state index contributed by atoms with van der Waals surface area (Å²) >= 11 is 5.49. The van der Waals surface area contributed by atoms with Crippen LogP contribution in [-0.2, 0) is 4.74 Å². The van der Waals surface area contributed by atoms with E-state index in [2.05, 4.69) is 16.6 Å². The quantitative estimate of drug-likeness (QED) is 0.470. The number of aryl methyl sites for hydroxylation is 1. The van der Waals surface area contributed by atoms with Crippen molar-refractivity contribution in [3.05, 3.63) is 29.3 Å². The lowest BCUT2D eigenvalue weighted by atomic mass is 10.1. The second kappa shape index (κ2) is 8.03. The van der Waals surface area contributed by atoms with Crippen molar-refractivity contribution in [2.45, 2.75) is 13.1 Å². The SMILES string of the molecule is Cc1ccc(OCCOCC(F)(F)F)c(C#CCCl)c1. The molecule has 1 aromatic carbocycles. The van der Waals surface area contributed by atoms with Gasteiger partial charge in [0.05, 0.1) is 18.1 Å². The average Bonchev–Trinajstić information content (AvgIpc) is 2.36. The van der Waals surface area contributed by atoms with E-state index in [4.69, 9.17) is 16.3 Å². The van der Waals surface area contributed by atoms with Crippen LogP contribution in [0, 0.1) is 18.8 Å². The molecule has 6 heteroatoms. The number of alkyl halides is 4. The third-order valence-corrected chi connectivity index (χ3v) is 2.31. The zero-order chi connectivity index (χ0) is 15.0. The second-order valence-corrected chi connectivity index (χ2v) is 4.22. The first-order valence-corrected chi connectivity index (χ1v) is 6.38. The second-order valence-electron chi connectivity index (χ2n) is 3.95. The van der Waals surface area contributed by atoms with Gasteiger partial charge in [-0.15, -0.1) is 11.6 Å². The smallest absolute Gasteiger partial charge is 0.411 e. The zero-order valence-electron chi connectivity index (χ0n) is 10.9. The molecular formula is C14H14ClF3O2. The molecule has 1 rings (SSSR count). The Hall–Kier alpha value is -1.38. The van der Waals surface area contributed by atoms with E-state index in [1.807, 2.05) is 19.1 Å². The Balaban J connectivity index is 2.51. The van der Waals surface area contributed by atoms with Gasteiger partial charge in [0.25, 0.3) is 0 Å². The highest BCUT2D eigenvalue weighted by Gasteiger charge is 2.27. The monoisotopic (exact) mass is 306 g/mol. The van der Waals surface area contributed by atoms with Crippen LogP contribution in [0.15, 0.2) is 18.2 Å². The van der Waals surface area contributed by atoms with Crippen molar-refractivity contribution in [3.63, 3.8) is 0 Å². The minimum atomic E-state index is -4.32. The molecule has 0 aliphatic rings. The first-order chi connectivity index (χ1) is 9.42. The summed E-state index contributed by atoms with van der Waals surface area (Å²) in [6, 6.07) is 5.38. The number of hydrogen-bond donors (Lipinski definition) is 0. The van der Waals surface area contributed by atoms with E-state index in [1.165, 1.54) is 0 Å². The molecule has 0 bridgehead atoms. The van der Waals surface area contributed by atoms with Crippen LogP contribution in [-0.4, -0.2) is 31.9 Å². The van der Waals surface area contributed by atoms with E-state index in [-0.39, 0.29) is 19.1 Å². The molecule has 0 atom stereocenters. The normalized spacial score (nSPS) is 10.8. The van der Waals surface area contributed by atoms with E-state index in [0.717, 1.165) is 5.56 Å². The molecule has 0 heterocycles. The number of halogens is 4. The summed E-state index contributed by atoms with van der Waals surface area (Å²) in [7, 11) is 0. The summed E-state index contributed by atoms with van der Waals surface area (Å²) < 4.78 is 45.4. The maximum Gasteiger partial charge on any atom is 0.411 e. The molecule has 0 N–H and O–H groups in total. The van der Waals surface area contributed by atoms with Gasteiger partial charge in [-0.3, -0.25) is 0 Å². The van der Waals surface area contributed by atoms with Gasteiger partial charge >= 0.3 is 6.18 Å². The first kappa shape index (κ1) is 16.7. The summed E-state index contributed by atoms with van der Waals surface area (Å²) in [5.74, 6) is 6.25. The first-order valence-electron chi connectivity index (χ1n) is 5.85. The number of hydrogen-bond acceptors (Lipinski definition) is 2. The molecular weight excluding hydrogens is 293 g/mol. The fourth-order valence-electron chi connectivity index (χ4n) is 1.39. The third kappa shape index (κ3) is 6.69. The highest BCUT2D eigenvalue weighted by Crippen LogP contribution is 2.19. The highest BCUT2D eigenvalue weighted by atomic mass is 35.5. The molecule has 0 amide bonds. The van der Waals surface area contributed by atoms with Crippen LogP contribution in [0.3, 0.4) is 0 Å². The fourth-order valence-corrected chi connectivity index (χ4v) is 1.46. The topological polar surface area (TPSA) is 18.5 Å². The van der Waals surface area contributed by atoms with E-state index < -0.39 is 12.8 Å². The molecule has 0 unspecified atom stereocenters. The van der Waals surface area contributed by atoms with Gasteiger partial charge < -0.3 is 9.47 Å². The zero-order valence-corrected chi connectivity index (χ0v) is 11.6. The number of ether oxygens (including phenoxy) is 2. The molecule has 0 aliphatic carbocycles.